The average Bonchev–Trinajstić information content (AvgIpc) is 2.87. The minimum Gasteiger partial charge on any atom is -0.480 e. The third kappa shape index (κ3) is 9.99. The van der Waals surface area contributed by atoms with E-state index in [-0.39, 0.29) is 58.0 Å². The van der Waals surface area contributed by atoms with Gasteiger partial charge in [-0.15, -0.1) is 0 Å². The Labute approximate surface area is 250 Å². The van der Waals surface area contributed by atoms with Gasteiger partial charge in [0.2, 0.25) is 0 Å². The molecule has 1 fully saturated rings. The van der Waals surface area contributed by atoms with E-state index in [0.29, 0.717) is 23.1 Å². The number of rotatable bonds is 12. The summed E-state index contributed by atoms with van der Waals surface area (Å²) in [6, 6.07) is 5.78. The van der Waals surface area contributed by atoms with Crippen LogP contribution in [0.15, 0.2) is 24.3 Å². The SMILES string of the molecule is O=C(COc1cc(Cl)c(Cl)cc1Cl)OCCN1CCN(CCOC(=O)COc2cc(Cl)c(Cl)cc2Cl)CC1. The van der Waals surface area contributed by atoms with Crippen molar-refractivity contribution >= 4 is 81.5 Å². The number of hydrogen-bond donors (Lipinski definition) is 0. The summed E-state index contributed by atoms with van der Waals surface area (Å²) in [5, 5.41) is 1.64. The number of carbonyl (C=O) groups is 2. The van der Waals surface area contributed by atoms with Crippen LogP contribution < -0.4 is 9.47 Å². The molecule has 0 aromatic heterocycles. The van der Waals surface area contributed by atoms with Crippen LogP contribution in [-0.4, -0.2) is 87.4 Å². The van der Waals surface area contributed by atoms with Crippen molar-refractivity contribution in [2.45, 2.75) is 0 Å². The van der Waals surface area contributed by atoms with Crippen LogP contribution in [0.1, 0.15) is 0 Å². The zero-order valence-corrected chi connectivity index (χ0v) is 24.5. The molecule has 0 atom stereocenters. The van der Waals surface area contributed by atoms with Crippen LogP contribution in [0.3, 0.4) is 0 Å². The first-order valence-corrected chi connectivity index (χ1v) is 13.7. The Kier molecular flexibility index (Phi) is 12.7. The van der Waals surface area contributed by atoms with E-state index in [4.69, 9.17) is 88.6 Å². The van der Waals surface area contributed by atoms with Crippen LogP contribution in [0, 0.1) is 0 Å². The van der Waals surface area contributed by atoms with Gasteiger partial charge in [0.1, 0.15) is 24.7 Å². The number of esters is 2. The first kappa shape index (κ1) is 31.2. The molecule has 2 aromatic carbocycles. The second-order valence-corrected chi connectivity index (χ2v) is 10.5. The smallest absolute Gasteiger partial charge is 0.344 e. The summed E-state index contributed by atoms with van der Waals surface area (Å²) in [6.45, 7) is 4.23. The minimum atomic E-state index is -0.516. The maximum absolute atomic E-state index is 12.0. The van der Waals surface area contributed by atoms with Crippen molar-refractivity contribution in [2.24, 2.45) is 0 Å². The number of benzene rings is 2. The molecule has 0 bridgehead atoms. The molecule has 3 rings (SSSR count). The number of ether oxygens (including phenoxy) is 4. The lowest BCUT2D eigenvalue weighted by Crippen LogP contribution is -2.48. The third-order valence-corrected chi connectivity index (χ3v) is 7.48. The number of carbonyl (C=O) groups excluding carboxylic acids is 2. The second-order valence-electron chi connectivity index (χ2n) is 8.10. The predicted molar refractivity (Wildman–Crippen MR) is 149 cm³/mol. The largest absolute Gasteiger partial charge is 0.480 e. The molecule has 2 aromatic rings. The van der Waals surface area contributed by atoms with Gasteiger partial charge >= 0.3 is 11.9 Å². The number of nitrogens with zero attached hydrogens (tertiary/aromatic N) is 2. The molecular weight excluding hydrogens is 625 g/mol. The molecule has 0 radical (unpaired) electrons. The highest BCUT2D eigenvalue weighted by Crippen LogP contribution is 2.34. The van der Waals surface area contributed by atoms with Crippen molar-refractivity contribution < 1.29 is 28.5 Å². The Morgan fingerprint density at radius 2 is 0.921 bits per heavy atom. The molecule has 1 aliphatic rings. The van der Waals surface area contributed by atoms with Crippen molar-refractivity contribution in [1.82, 2.24) is 9.80 Å². The van der Waals surface area contributed by atoms with Crippen molar-refractivity contribution in [3.05, 3.63) is 54.4 Å². The molecule has 0 spiro atoms. The summed E-state index contributed by atoms with van der Waals surface area (Å²) in [7, 11) is 0. The number of halogens is 6. The maximum Gasteiger partial charge on any atom is 0.344 e. The quantitative estimate of drug-likeness (QED) is 0.212. The fraction of sp³-hybridized carbons (Fsp3) is 0.417. The van der Waals surface area contributed by atoms with E-state index in [1.54, 1.807) is 0 Å². The van der Waals surface area contributed by atoms with Gasteiger partial charge in [-0.2, -0.15) is 0 Å². The van der Waals surface area contributed by atoms with E-state index >= 15 is 0 Å². The predicted octanol–water partition coefficient (Wildman–Crippen LogP) is 5.77. The van der Waals surface area contributed by atoms with Gasteiger partial charge in [0, 0.05) is 51.4 Å². The molecule has 0 N–H and O–H groups in total. The lowest BCUT2D eigenvalue weighted by molar-refractivity contribution is -0.147. The van der Waals surface area contributed by atoms with Gasteiger partial charge in [-0.3, -0.25) is 9.80 Å². The maximum atomic E-state index is 12.0. The molecule has 1 aliphatic heterocycles. The first-order chi connectivity index (χ1) is 18.1. The zero-order valence-electron chi connectivity index (χ0n) is 20.0. The zero-order chi connectivity index (χ0) is 27.7. The van der Waals surface area contributed by atoms with Gasteiger partial charge in [0.25, 0.3) is 0 Å². The summed E-state index contributed by atoms with van der Waals surface area (Å²) in [6.07, 6.45) is 0. The lowest BCUT2D eigenvalue weighted by atomic mass is 10.3. The molecule has 8 nitrogen and oxygen atoms in total. The van der Waals surface area contributed by atoms with Crippen molar-refractivity contribution in [1.29, 1.82) is 0 Å². The summed E-state index contributed by atoms with van der Waals surface area (Å²) in [5.74, 6) is -0.526. The van der Waals surface area contributed by atoms with E-state index in [9.17, 15) is 9.59 Å². The lowest BCUT2D eigenvalue weighted by Gasteiger charge is -2.34. The average molecular weight is 649 g/mol. The minimum absolute atomic E-state index is 0.234. The molecule has 0 saturated carbocycles. The second kappa shape index (κ2) is 15.4. The standard InChI is InChI=1S/C24H24Cl6N2O6/c25-15-9-19(29)21(11-17(15)27)37-13-23(33)35-7-5-31-1-2-32(4-3-31)6-8-36-24(34)14-38-22-12-18(28)16(26)10-20(22)30/h9-12H,1-8,13-14H2. The number of hydrogen-bond acceptors (Lipinski definition) is 8. The van der Waals surface area contributed by atoms with Gasteiger partial charge in [0.15, 0.2) is 13.2 Å². The molecular formula is C24H24Cl6N2O6. The Morgan fingerprint density at radius 3 is 1.29 bits per heavy atom. The van der Waals surface area contributed by atoms with Gasteiger partial charge in [-0.1, -0.05) is 69.6 Å². The van der Waals surface area contributed by atoms with Crippen LogP contribution in [-0.2, 0) is 19.1 Å². The molecule has 0 unspecified atom stereocenters. The summed E-state index contributed by atoms with van der Waals surface area (Å²) >= 11 is 35.7. The van der Waals surface area contributed by atoms with Crippen LogP contribution in [0.5, 0.6) is 11.5 Å². The van der Waals surface area contributed by atoms with Gasteiger partial charge in [0.05, 0.1) is 30.1 Å². The van der Waals surface area contributed by atoms with Crippen molar-refractivity contribution in [3.8, 4) is 11.5 Å². The van der Waals surface area contributed by atoms with Gasteiger partial charge in [-0.25, -0.2) is 9.59 Å². The Balaban J connectivity index is 1.24. The van der Waals surface area contributed by atoms with Crippen LogP contribution in [0.2, 0.25) is 30.1 Å². The first-order valence-electron chi connectivity index (χ1n) is 11.4. The third-order valence-electron chi connectivity index (χ3n) is 5.45. The van der Waals surface area contributed by atoms with E-state index in [2.05, 4.69) is 9.80 Å². The van der Waals surface area contributed by atoms with Crippen LogP contribution in [0.25, 0.3) is 0 Å². The Hall–Kier alpha value is -1.36. The van der Waals surface area contributed by atoms with E-state index in [1.807, 2.05) is 0 Å². The van der Waals surface area contributed by atoms with Gasteiger partial charge < -0.3 is 18.9 Å². The molecule has 0 aliphatic carbocycles. The van der Waals surface area contributed by atoms with Gasteiger partial charge in [-0.05, 0) is 12.1 Å². The molecule has 208 valence electrons. The van der Waals surface area contributed by atoms with Crippen molar-refractivity contribution in [3.63, 3.8) is 0 Å². The Bertz CT molecular complexity index is 1040. The normalized spacial score (nSPS) is 14.3. The highest BCUT2D eigenvalue weighted by molar-refractivity contribution is 6.44. The summed E-state index contributed by atoms with van der Waals surface area (Å²) in [5.41, 5.74) is 0. The van der Waals surface area contributed by atoms with E-state index in [1.165, 1.54) is 24.3 Å². The highest BCUT2D eigenvalue weighted by Gasteiger charge is 2.18. The summed E-state index contributed by atoms with van der Waals surface area (Å²) in [4.78, 5) is 28.3. The molecule has 38 heavy (non-hydrogen) atoms. The monoisotopic (exact) mass is 646 g/mol. The molecule has 1 heterocycles. The molecule has 0 amide bonds. The van der Waals surface area contributed by atoms with Crippen LogP contribution >= 0.6 is 69.6 Å². The Morgan fingerprint density at radius 1 is 0.579 bits per heavy atom. The molecule has 14 heteroatoms. The highest BCUT2D eigenvalue weighted by atomic mass is 35.5. The number of piperazine rings is 1. The summed E-state index contributed by atoms with van der Waals surface area (Å²) < 4.78 is 21.2. The van der Waals surface area contributed by atoms with Crippen molar-refractivity contribution in [2.75, 3.05) is 65.7 Å². The van der Waals surface area contributed by atoms with E-state index < -0.39 is 11.9 Å². The topological polar surface area (TPSA) is 77.5 Å². The molecule has 1 saturated heterocycles. The van der Waals surface area contributed by atoms with Crippen LogP contribution in [0.4, 0.5) is 0 Å². The fourth-order valence-corrected chi connectivity index (χ4v) is 4.58. The fourth-order valence-electron chi connectivity index (χ4n) is 3.40. The van der Waals surface area contributed by atoms with E-state index in [0.717, 1.165) is 26.2 Å².